The van der Waals surface area contributed by atoms with Gasteiger partial charge in [-0.05, 0) is 67.1 Å². The number of phenols is 1. The summed E-state index contributed by atoms with van der Waals surface area (Å²) in [7, 11) is 0. The van der Waals surface area contributed by atoms with Crippen molar-refractivity contribution in [1.29, 1.82) is 0 Å². The highest BCUT2D eigenvalue weighted by Gasteiger charge is 2.47. The molecule has 0 aliphatic carbocycles. The highest BCUT2D eigenvalue weighted by atomic mass is 35.5. The number of benzene rings is 3. The van der Waals surface area contributed by atoms with Crippen LogP contribution >= 0.6 is 23.2 Å². The fraction of sp³-hybridized carbons (Fsp3) is 0.120. The SMILES string of the molecule is CCOc1ccc(/C(O)=C2\C(=O)C(=O)N(c3ccc(Cl)c(Cl)c3)C2c2cccc(O)c2)cc1. The van der Waals surface area contributed by atoms with Crippen molar-refractivity contribution in [1.82, 2.24) is 0 Å². The van der Waals surface area contributed by atoms with Crippen LogP contribution in [0.5, 0.6) is 11.5 Å². The van der Waals surface area contributed by atoms with Gasteiger partial charge in [-0.1, -0.05) is 35.3 Å². The standard InChI is InChI=1S/C25H19Cl2NO5/c1-2-33-18-9-6-14(7-10-18)23(30)21-22(15-4-3-5-17(29)12-15)28(25(32)24(21)31)16-8-11-19(26)20(27)13-16/h3-13,22,29-30H,2H2,1H3/b23-21+. The Morgan fingerprint density at radius 1 is 1.00 bits per heavy atom. The Labute approximate surface area is 200 Å². The molecule has 3 aromatic carbocycles. The van der Waals surface area contributed by atoms with E-state index in [-0.39, 0.29) is 22.1 Å². The topological polar surface area (TPSA) is 87.1 Å². The number of rotatable bonds is 5. The number of ketones is 1. The molecule has 1 fully saturated rings. The summed E-state index contributed by atoms with van der Waals surface area (Å²) < 4.78 is 5.43. The zero-order valence-electron chi connectivity index (χ0n) is 17.5. The van der Waals surface area contributed by atoms with Crippen LogP contribution in [0.25, 0.3) is 5.76 Å². The van der Waals surface area contributed by atoms with E-state index >= 15 is 0 Å². The minimum atomic E-state index is -0.999. The lowest BCUT2D eigenvalue weighted by molar-refractivity contribution is -0.132. The maximum absolute atomic E-state index is 13.1. The number of nitrogens with zero attached hydrogens (tertiary/aromatic N) is 1. The van der Waals surface area contributed by atoms with Crippen molar-refractivity contribution in [2.75, 3.05) is 11.5 Å². The van der Waals surface area contributed by atoms with Crippen LogP contribution in [-0.4, -0.2) is 28.5 Å². The van der Waals surface area contributed by atoms with Gasteiger partial charge in [-0.15, -0.1) is 0 Å². The first-order valence-electron chi connectivity index (χ1n) is 10.1. The van der Waals surface area contributed by atoms with E-state index in [0.717, 1.165) is 0 Å². The zero-order valence-corrected chi connectivity index (χ0v) is 19.0. The number of aliphatic hydroxyl groups excluding tert-OH is 1. The summed E-state index contributed by atoms with van der Waals surface area (Å²) in [5.74, 6) is -1.48. The lowest BCUT2D eigenvalue weighted by atomic mass is 9.95. The van der Waals surface area contributed by atoms with E-state index in [2.05, 4.69) is 0 Å². The molecule has 0 aromatic heterocycles. The second-order valence-corrected chi connectivity index (χ2v) is 8.13. The van der Waals surface area contributed by atoms with Gasteiger partial charge in [-0.25, -0.2) is 0 Å². The van der Waals surface area contributed by atoms with Crippen molar-refractivity contribution >= 4 is 46.3 Å². The number of phenolic OH excluding ortho intramolecular Hbond substituents is 1. The zero-order chi connectivity index (χ0) is 23.7. The quantitative estimate of drug-likeness (QED) is 0.275. The molecule has 1 heterocycles. The fourth-order valence-electron chi connectivity index (χ4n) is 3.78. The lowest BCUT2D eigenvalue weighted by Crippen LogP contribution is -2.29. The number of carbonyl (C=O) groups is 2. The summed E-state index contributed by atoms with van der Waals surface area (Å²) >= 11 is 12.2. The molecule has 1 amide bonds. The number of amides is 1. The molecular weight excluding hydrogens is 465 g/mol. The van der Waals surface area contributed by atoms with Crippen molar-refractivity contribution in [3.05, 3.63) is 93.5 Å². The van der Waals surface area contributed by atoms with Crippen LogP contribution in [0, 0.1) is 0 Å². The first-order chi connectivity index (χ1) is 15.8. The van der Waals surface area contributed by atoms with Gasteiger partial charge in [0.1, 0.15) is 17.3 Å². The van der Waals surface area contributed by atoms with Crippen LogP contribution in [0.3, 0.4) is 0 Å². The van der Waals surface area contributed by atoms with Crippen molar-refractivity contribution < 1.29 is 24.5 Å². The molecule has 1 aliphatic heterocycles. The van der Waals surface area contributed by atoms with Crippen molar-refractivity contribution in [3.8, 4) is 11.5 Å². The van der Waals surface area contributed by atoms with E-state index in [0.29, 0.717) is 34.2 Å². The molecule has 3 aromatic rings. The number of aromatic hydroxyl groups is 1. The third-order valence-electron chi connectivity index (χ3n) is 5.25. The maximum atomic E-state index is 13.1. The molecule has 0 spiro atoms. The summed E-state index contributed by atoms with van der Waals surface area (Å²) in [6.07, 6.45) is 0. The average Bonchev–Trinajstić information content (AvgIpc) is 3.06. The molecular formula is C25H19Cl2NO5. The molecule has 1 saturated heterocycles. The molecule has 0 saturated carbocycles. The molecule has 0 bridgehead atoms. The Balaban J connectivity index is 1.91. The van der Waals surface area contributed by atoms with Gasteiger partial charge in [-0.3, -0.25) is 14.5 Å². The van der Waals surface area contributed by atoms with E-state index in [1.165, 1.54) is 29.2 Å². The predicted molar refractivity (Wildman–Crippen MR) is 127 cm³/mol. The van der Waals surface area contributed by atoms with Crippen LogP contribution in [0.15, 0.2) is 72.3 Å². The van der Waals surface area contributed by atoms with Gasteiger partial charge in [0.15, 0.2) is 0 Å². The van der Waals surface area contributed by atoms with Crippen molar-refractivity contribution in [3.63, 3.8) is 0 Å². The van der Waals surface area contributed by atoms with Gasteiger partial charge < -0.3 is 14.9 Å². The monoisotopic (exact) mass is 483 g/mol. The van der Waals surface area contributed by atoms with Crippen molar-refractivity contribution in [2.24, 2.45) is 0 Å². The smallest absolute Gasteiger partial charge is 0.300 e. The highest BCUT2D eigenvalue weighted by Crippen LogP contribution is 2.43. The van der Waals surface area contributed by atoms with Gasteiger partial charge in [0, 0.05) is 11.3 Å². The largest absolute Gasteiger partial charge is 0.508 e. The minimum Gasteiger partial charge on any atom is -0.508 e. The second-order valence-electron chi connectivity index (χ2n) is 7.32. The van der Waals surface area contributed by atoms with Crippen LogP contribution in [-0.2, 0) is 9.59 Å². The number of hydrogen-bond acceptors (Lipinski definition) is 5. The molecule has 33 heavy (non-hydrogen) atoms. The summed E-state index contributed by atoms with van der Waals surface area (Å²) in [6, 6.07) is 16.3. The molecule has 1 unspecified atom stereocenters. The van der Waals surface area contributed by atoms with Crippen LogP contribution in [0.2, 0.25) is 10.0 Å². The summed E-state index contributed by atoms with van der Waals surface area (Å²) in [6.45, 7) is 2.34. The Bertz CT molecular complexity index is 1270. The molecule has 2 N–H and O–H groups in total. The number of Topliss-reactive ketones (excluding diaryl/α,β-unsaturated/α-hetero) is 1. The van der Waals surface area contributed by atoms with E-state index in [1.807, 2.05) is 6.92 Å². The minimum absolute atomic E-state index is 0.0479. The third kappa shape index (κ3) is 4.27. The number of ether oxygens (including phenoxy) is 1. The first kappa shape index (κ1) is 22.7. The summed E-state index contributed by atoms with van der Waals surface area (Å²) in [5, 5.41) is 21.7. The number of hydrogen-bond donors (Lipinski definition) is 2. The van der Waals surface area contributed by atoms with Gasteiger partial charge in [0.05, 0.1) is 28.3 Å². The second kappa shape index (κ2) is 9.17. The Kier molecular flexibility index (Phi) is 6.31. The van der Waals surface area contributed by atoms with E-state index in [4.69, 9.17) is 27.9 Å². The molecule has 8 heteroatoms. The molecule has 1 atom stereocenters. The van der Waals surface area contributed by atoms with Crippen molar-refractivity contribution in [2.45, 2.75) is 13.0 Å². The number of halogens is 2. The summed E-state index contributed by atoms with van der Waals surface area (Å²) in [5.41, 5.74) is 0.995. The number of aliphatic hydroxyl groups is 1. The van der Waals surface area contributed by atoms with Gasteiger partial charge >= 0.3 is 0 Å². The number of anilines is 1. The van der Waals surface area contributed by atoms with E-state index in [1.54, 1.807) is 42.5 Å². The van der Waals surface area contributed by atoms with Crippen LogP contribution in [0.1, 0.15) is 24.1 Å². The molecule has 0 radical (unpaired) electrons. The van der Waals surface area contributed by atoms with E-state index < -0.39 is 17.7 Å². The predicted octanol–water partition coefficient (Wildman–Crippen LogP) is 5.72. The molecule has 1 aliphatic rings. The Hall–Kier alpha value is -3.48. The van der Waals surface area contributed by atoms with Gasteiger partial charge in [-0.2, -0.15) is 0 Å². The molecule has 168 valence electrons. The number of carbonyl (C=O) groups excluding carboxylic acids is 2. The normalized spacial score (nSPS) is 17.4. The van der Waals surface area contributed by atoms with Crippen LogP contribution in [0.4, 0.5) is 5.69 Å². The average molecular weight is 484 g/mol. The lowest BCUT2D eigenvalue weighted by Gasteiger charge is -2.25. The highest BCUT2D eigenvalue weighted by molar-refractivity contribution is 6.52. The van der Waals surface area contributed by atoms with Gasteiger partial charge in [0.2, 0.25) is 0 Å². The third-order valence-corrected chi connectivity index (χ3v) is 5.99. The fourth-order valence-corrected chi connectivity index (χ4v) is 4.07. The first-order valence-corrected chi connectivity index (χ1v) is 10.9. The molecule has 4 rings (SSSR count). The van der Waals surface area contributed by atoms with E-state index in [9.17, 15) is 19.8 Å². The molecule has 6 nitrogen and oxygen atoms in total. The van der Waals surface area contributed by atoms with Gasteiger partial charge in [0.25, 0.3) is 11.7 Å². The summed E-state index contributed by atoms with van der Waals surface area (Å²) in [4.78, 5) is 27.5. The maximum Gasteiger partial charge on any atom is 0.300 e. The van der Waals surface area contributed by atoms with Crippen LogP contribution < -0.4 is 9.64 Å². The Morgan fingerprint density at radius 2 is 1.73 bits per heavy atom. The Morgan fingerprint density at radius 3 is 2.36 bits per heavy atom.